The van der Waals surface area contributed by atoms with Gasteiger partial charge in [-0.25, -0.2) is 28.6 Å². The minimum absolute atomic E-state index is 0.0330. The number of nitrogen functional groups attached to an aromatic ring is 1. The van der Waals surface area contributed by atoms with E-state index in [1.807, 2.05) is 0 Å². The summed E-state index contributed by atoms with van der Waals surface area (Å²) in [7, 11) is -16.4. The van der Waals surface area contributed by atoms with Gasteiger partial charge in [0.2, 0.25) is 11.8 Å². The van der Waals surface area contributed by atoms with E-state index < -0.39 is 84.6 Å². The lowest BCUT2D eigenvalue weighted by Crippen LogP contribution is -2.46. The van der Waals surface area contributed by atoms with Crippen molar-refractivity contribution in [3.05, 3.63) is 24.8 Å². The molecule has 0 aliphatic carbocycles. The van der Waals surface area contributed by atoms with Crippen LogP contribution in [0.2, 0.25) is 0 Å². The van der Waals surface area contributed by atoms with Crippen LogP contribution < -0.4 is 16.4 Å². The zero-order valence-corrected chi connectivity index (χ0v) is 43.0. The third kappa shape index (κ3) is 23.2. The molecule has 0 bridgehead atoms. The number of nitrogens with one attached hydrogen (secondary N) is 2. The van der Waals surface area contributed by atoms with Gasteiger partial charge in [-0.3, -0.25) is 32.5 Å². The molecule has 3 rings (SSSR count). The highest BCUT2D eigenvalue weighted by Crippen LogP contribution is 2.61. The van der Waals surface area contributed by atoms with Gasteiger partial charge in [0.25, 0.3) is 0 Å². The first-order valence-electron chi connectivity index (χ1n) is 23.3. The predicted octanol–water partition coefficient (Wildman–Crippen LogP) is 5.48. The number of phosphoric ester groups is 3. The average Bonchev–Trinajstić information content (AvgIpc) is 3.84. The first-order valence-corrected chi connectivity index (χ1v) is 28.8. The number of unbranched alkanes of at least 4 members (excludes halogenated alkanes) is 13. The summed E-state index contributed by atoms with van der Waals surface area (Å²) in [5.41, 5.74) is 4.29. The van der Waals surface area contributed by atoms with Gasteiger partial charge in [0.1, 0.15) is 36.3 Å². The number of allylic oxidation sites excluding steroid dienone is 2. The van der Waals surface area contributed by atoms with Crippen molar-refractivity contribution in [1.82, 2.24) is 30.2 Å². The average molecular weight is 1060 g/mol. The molecule has 0 radical (unpaired) electrons. The number of nitrogens with zero attached hydrogens (tertiary/aromatic N) is 4. The number of thioether (sulfide) groups is 1. The van der Waals surface area contributed by atoms with E-state index in [9.17, 15) is 57.9 Å². The molecular formula is C41H72N7O17P3S. The van der Waals surface area contributed by atoms with Crippen LogP contribution in [0.25, 0.3) is 11.2 Å². The second kappa shape index (κ2) is 30.4. The molecule has 394 valence electrons. The van der Waals surface area contributed by atoms with Crippen LogP contribution in [0.15, 0.2) is 24.8 Å². The van der Waals surface area contributed by atoms with Crippen LogP contribution in [0.4, 0.5) is 5.82 Å². The summed E-state index contributed by atoms with van der Waals surface area (Å²) in [5.74, 6) is -1.05. The van der Waals surface area contributed by atoms with E-state index in [2.05, 4.69) is 53.5 Å². The fourth-order valence-electron chi connectivity index (χ4n) is 7.07. The maximum absolute atomic E-state index is 12.7. The largest absolute Gasteiger partial charge is 0.481 e. The minimum Gasteiger partial charge on any atom is -0.386 e. The smallest absolute Gasteiger partial charge is 0.386 e. The third-order valence-electron chi connectivity index (χ3n) is 10.9. The van der Waals surface area contributed by atoms with E-state index in [-0.39, 0.29) is 41.6 Å². The van der Waals surface area contributed by atoms with Crippen LogP contribution in [-0.4, -0.2) is 123 Å². The van der Waals surface area contributed by atoms with E-state index in [1.165, 1.54) is 90.9 Å². The lowest BCUT2D eigenvalue weighted by molar-refractivity contribution is -0.137. The SMILES string of the molecule is CCCCCCCCCCCCCC/C=C\CCCC(=O)SCCNC(=O)CCNC(=O)[C@H](O)C(C)(C)COP(=O)(O)OP(=O)(O)OC[C@H]1O[C@@H](n2cnc3c(N)ncnc32)[C@H](O)[C@@H]1OP(=O)(O)O. The van der Waals surface area contributed by atoms with Crippen LogP contribution in [-0.2, 0) is 50.7 Å². The van der Waals surface area contributed by atoms with Crippen LogP contribution in [0.5, 0.6) is 0 Å². The molecule has 24 nitrogen and oxygen atoms in total. The highest BCUT2D eigenvalue weighted by Gasteiger charge is 2.50. The van der Waals surface area contributed by atoms with Gasteiger partial charge in [0, 0.05) is 37.1 Å². The summed E-state index contributed by atoms with van der Waals surface area (Å²) in [6.45, 7) is 2.80. The van der Waals surface area contributed by atoms with Gasteiger partial charge in [0.05, 0.1) is 19.5 Å². The molecular weight excluding hydrogens is 987 g/mol. The molecule has 10 N–H and O–H groups in total. The Morgan fingerprint density at radius 2 is 1.48 bits per heavy atom. The van der Waals surface area contributed by atoms with Gasteiger partial charge in [-0.15, -0.1) is 0 Å². The van der Waals surface area contributed by atoms with E-state index in [4.69, 9.17) is 19.5 Å². The van der Waals surface area contributed by atoms with E-state index in [0.29, 0.717) is 12.2 Å². The van der Waals surface area contributed by atoms with Gasteiger partial charge < -0.3 is 50.9 Å². The van der Waals surface area contributed by atoms with Crippen molar-refractivity contribution in [3.63, 3.8) is 0 Å². The molecule has 1 aliphatic rings. The topological polar surface area (TPSA) is 364 Å². The number of hydrogen-bond donors (Lipinski definition) is 9. The van der Waals surface area contributed by atoms with Crippen molar-refractivity contribution >= 4 is 69.1 Å². The molecule has 2 amide bonds. The summed E-state index contributed by atoms with van der Waals surface area (Å²) in [5, 5.41) is 26.6. The van der Waals surface area contributed by atoms with Gasteiger partial charge in [-0.05, 0) is 25.7 Å². The van der Waals surface area contributed by atoms with Gasteiger partial charge in [-0.2, -0.15) is 4.31 Å². The molecule has 3 heterocycles. The standard InChI is InChI=1S/C41H72N7O17P3S/c1-4-5-6-7-8-9-10-11-12-13-14-15-16-17-18-19-20-21-32(50)69-25-24-43-31(49)22-23-44-39(53)36(52)41(2,3)27-62-68(59,60)65-67(57,58)61-26-30-35(64-66(54,55)56)34(51)40(63-30)48-29-47-33-37(42)45-28-46-38(33)48/h17-18,28-30,34-36,40,51-52H,4-16,19-27H2,1-3H3,(H,43,49)(H,44,53)(H,57,58)(H,59,60)(H2,42,45,46)(H2,54,55,56)/b18-17-/t30-,34-,35-,36+,40-/m1/s1. The molecule has 69 heavy (non-hydrogen) atoms. The van der Waals surface area contributed by atoms with Gasteiger partial charge in [-0.1, -0.05) is 115 Å². The number of ether oxygens (including phenoxy) is 1. The first kappa shape index (κ1) is 60.6. The number of phosphoric acid groups is 3. The van der Waals surface area contributed by atoms with Crippen molar-refractivity contribution in [2.45, 2.75) is 161 Å². The molecule has 0 aromatic carbocycles. The van der Waals surface area contributed by atoms with Gasteiger partial charge >= 0.3 is 23.5 Å². The number of aromatic nitrogens is 4. The molecule has 0 saturated carbocycles. The van der Waals surface area contributed by atoms with Crippen LogP contribution in [0.3, 0.4) is 0 Å². The van der Waals surface area contributed by atoms with E-state index in [0.717, 1.165) is 48.2 Å². The lowest BCUT2D eigenvalue weighted by Gasteiger charge is -2.30. The Morgan fingerprint density at radius 1 is 0.870 bits per heavy atom. The monoisotopic (exact) mass is 1060 g/mol. The molecule has 1 fully saturated rings. The lowest BCUT2D eigenvalue weighted by atomic mass is 9.87. The molecule has 28 heteroatoms. The Morgan fingerprint density at radius 3 is 2.12 bits per heavy atom. The normalized spacial score (nSPS) is 20.0. The van der Waals surface area contributed by atoms with Crippen molar-refractivity contribution in [1.29, 1.82) is 0 Å². The highest BCUT2D eigenvalue weighted by atomic mass is 32.2. The molecule has 7 atom stereocenters. The fourth-order valence-corrected chi connectivity index (χ4v) is 10.6. The third-order valence-corrected chi connectivity index (χ3v) is 14.9. The second-order valence-corrected chi connectivity index (χ2v) is 22.7. The van der Waals surface area contributed by atoms with Crippen molar-refractivity contribution in [3.8, 4) is 0 Å². The van der Waals surface area contributed by atoms with Crippen LogP contribution in [0.1, 0.15) is 136 Å². The summed E-state index contributed by atoms with van der Waals surface area (Å²) < 4.78 is 62.5. The van der Waals surface area contributed by atoms with E-state index >= 15 is 0 Å². The number of rotatable bonds is 36. The highest BCUT2D eigenvalue weighted by molar-refractivity contribution is 8.13. The molecule has 1 aliphatic heterocycles. The first-order chi connectivity index (χ1) is 32.6. The quantitative estimate of drug-likeness (QED) is 0.0232. The molecule has 0 spiro atoms. The number of aliphatic hydroxyl groups is 2. The number of amides is 2. The maximum atomic E-state index is 12.7. The number of hydrogen-bond acceptors (Lipinski definition) is 18. The Balaban J connectivity index is 1.28. The number of imidazole rings is 1. The Kier molecular flexibility index (Phi) is 26.7. The Labute approximate surface area is 407 Å². The number of anilines is 1. The van der Waals surface area contributed by atoms with Crippen molar-refractivity contribution in [2.75, 3.05) is 37.8 Å². The zero-order valence-electron chi connectivity index (χ0n) is 39.5. The van der Waals surface area contributed by atoms with Crippen molar-refractivity contribution < 1.29 is 80.5 Å². The molecule has 2 aromatic rings. The second-order valence-electron chi connectivity index (χ2n) is 17.3. The summed E-state index contributed by atoms with van der Waals surface area (Å²) in [6.07, 6.45) is 16.4. The predicted molar refractivity (Wildman–Crippen MR) is 256 cm³/mol. The minimum atomic E-state index is -5.58. The Hall–Kier alpha value is -2.70. The van der Waals surface area contributed by atoms with E-state index in [1.54, 1.807) is 0 Å². The molecule has 1 saturated heterocycles. The number of carbonyl (C=O) groups is 3. The zero-order chi connectivity index (χ0) is 51.1. The van der Waals surface area contributed by atoms with Crippen molar-refractivity contribution in [2.24, 2.45) is 5.41 Å². The number of fused-ring (bicyclic) bond motifs is 1. The summed E-state index contributed by atoms with van der Waals surface area (Å²) >= 11 is 1.13. The molecule has 2 unspecified atom stereocenters. The summed E-state index contributed by atoms with van der Waals surface area (Å²) in [6, 6.07) is 0. The number of aliphatic hydroxyl groups excluding tert-OH is 2. The van der Waals surface area contributed by atoms with Crippen LogP contribution in [0, 0.1) is 5.41 Å². The Bertz CT molecular complexity index is 2080. The number of carbonyl (C=O) groups excluding carboxylic acids is 3. The fraction of sp³-hybridized carbons (Fsp3) is 0.756. The molecule has 2 aromatic heterocycles. The number of nitrogens with two attached hydrogens (primary N) is 1. The summed E-state index contributed by atoms with van der Waals surface area (Å²) in [4.78, 5) is 88.4. The van der Waals surface area contributed by atoms with Crippen LogP contribution >= 0.6 is 35.2 Å². The maximum Gasteiger partial charge on any atom is 0.481 e. The van der Waals surface area contributed by atoms with Gasteiger partial charge in [0.15, 0.2) is 22.8 Å².